The minimum absolute atomic E-state index is 0. The summed E-state index contributed by atoms with van der Waals surface area (Å²) < 4.78 is 16.7. The molecule has 0 saturated carbocycles. The molecule has 2 heterocycles. The normalized spacial score (nSPS) is 16.8. The molecule has 2 N–H and O–H groups in total. The molecule has 1 saturated heterocycles. The monoisotopic (exact) mass is 480 g/mol. The number of ether oxygens (including phenoxy) is 2. The molecule has 0 aromatic carbocycles. The van der Waals surface area contributed by atoms with E-state index in [9.17, 15) is 0 Å². The van der Waals surface area contributed by atoms with Crippen LogP contribution < -0.4 is 10.6 Å². The van der Waals surface area contributed by atoms with Crippen LogP contribution in [0.25, 0.3) is 0 Å². The van der Waals surface area contributed by atoms with Gasteiger partial charge < -0.3 is 24.5 Å². The molecule has 8 heteroatoms. The SMILES string of the molecule is CCNC(=NCC(c1ccc(C)o1)N1CCOCC1)NCCOCC.I. The van der Waals surface area contributed by atoms with Gasteiger partial charge >= 0.3 is 0 Å². The van der Waals surface area contributed by atoms with E-state index >= 15 is 0 Å². The lowest BCUT2D eigenvalue weighted by atomic mass is 10.1. The summed E-state index contributed by atoms with van der Waals surface area (Å²) in [6.45, 7) is 12.9. The van der Waals surface area contributed by atoms with Gasteiger partial charge in [0.25, 0.3) is 0 Å². The lowest BCUT2D eigenvalue weighted by Gasteiger charge is -2.32. The Balaban J connectivity index is 0.00000338. The maximum Gasteiger partial charge on any atom is 0.191 e. The third-order valence-electron chi connectivity index (χ3n) is 4.09. The maximum absolute atomic E-state index is 5.89. The number of nitrogens with one attached hydrogen (secondary N) is 2. The van der Waals surface area contributed by atoms with E-state index in [1.807, 2.05) is 19.9 Å². The zero-order chi connectivity index (χ0) is 17.9. The van der Waals surface area contributed by atoms with E-state index in [0.717, 1.165) is 63.5 Å². The van der Waals surface area contributed by atoms with E-state index in [0.29, 0.717) is 13.2 Å². The van der Waals surface area contributed by atoms with Gasteiger partial charge in [0.2, 0.25) is 0 Å². The first-order chi connectivity index (χ1) is 12.2. The predicted molar refractivity (Wildman–Crippen MR) is 114 cm³/mol. The Morgan fingerprint density at radius 2 is 2.04 bits per heavy atom. The maximum atomic E-state index is 5.89. The van der Waals surface area contributed by atoms with E-state index < -0.39 is 0 Å². The van der Waals surface area contributed by atoms with Crippen LogP contribution >= 0.6 is 24.0 Å². The Kier molecular flexibility index (Phi) is 11.9. The lowest BCUT2D eigenvalue weighted by molar-refractivity contribution is 0.0135. The zero-order valence-corrected chi connectivity index (χ0v) is 18.5. The molecule has 1 aromatic heterocycles. The Bertz CT molecular complexity index is 518. The molecule has 0 radical (unpaired) electrons. The zero-order valence-electron chi connectivity index (χ0n) is 16.1. The molecular weight excluding hydrogens is 447 g/mol. The number of furan rings is 1. The number of morpholine rings is 1. The van der Waals surface area contributed by atoms with Crippen molar-refractivity contribution in [2.45, 2.75) is 26.8 Å². The molecule has 1 atom stereocenters. The summed E-state index contributed by atoms with van der Waals surface area (Å²) in [7, 11) is 0. The second kappa shape index (κ2) is 13.3. The van der Waals surface area contributed by atoms with Crippen LogP contribution in [0.4, 0.5) is 0 Å². The minimum atomic E-state index is 0. The molecule has 1 aliphatic rings. The van der Waals surface area contributed by atoms with Gasteiger partial charge in [-0.05, 0) is 32.9 Å². The standard InChI is InChI=1S/C18H32N4O3.HI/c1-4-19-18(20-8-11-23-5-2)21-14-16(17-7-6-15(3)25-17)22-9-12-24-13-10-22;/h6-7,16H,4-5,8-14H2,1-3H3,(H2,19,20,21);1H. The molecule has 0 spiro atoms. The van der Waals surface area contributed by atoms with Crippen LogP contribution in [0, 0.1) is 6.92 Å². The molecule has 7 nitrogen and oxygen atoms in total. The largest absolute Gasteiger partial charge is 0.465 e. The van der Waals surface area contributed by atoms with E-state index in [2.05, 4.69) is 28.5 Å². The third-order valence-corrected chi connectivity index (χ3v) is 4.09. The van der Waals surface area contributed by atoms with Crippen LogP contribution in [0.1, 0.15) is 31.4 Å². The van der Waals surface area contributed by atoms with Crippen molar-refractivity contribution in [1.29, 1.82) is 0 Å². The third kappa shape index (κ3) is 7.81. The number of rotatable bonds is 9. The number of guanidine groups is 1. The predicted octanol–water partition coefficient (Wildman–Crippen LogP) is 2.17. The molecule has 1 aromatic rings. The minimum Gasteiger partial charge on any atom is -0.465 e. The average molecular weight is 480 g/mol. The van der Waals surface area contributed by atoms with Gasteiger partial charge in [0.1, 0.15) is 11.5 Å². The topological polar surface area (TPSA) is 71.3 Å². The number of aliphatic imine (C=N–C) groups is 1. The summed E-state index contributed by atoms with van der Waals surface area (Å²) in [5, 5.41) is 6.59. The lowest BCUT2D eigenvalue weighted by Crippen LogP contribution is -2.42. The highest BCUT2D eigenvalue weighted by atomic mass is 127. The van der Waals surface area contributed by atoms with Crippen molar-refractivity contribution < 1.29 is 13.9 Å². The second-order valence-electron chi connectivity index (χ2n) is 5.96. The van der Waals surface area contributed by atoms with Gasteiger partial charge in [0, 0.05) is 32.8 Å². The van der Waals surface area contributed by atoms with Crippen molar-refractivity contribution in [3.8, 4) is 0 Å². The van der Waals surface area contributed by atoms with Gasteiger partial charge in [-0.15, -0.1) is 24.0 Å². The van der Waals surface area contributed by atoms with Crippen molar-refractivity contribution in [1.82, 2.24) is 15.5 Å². The Morgan fingerprint density at radius 3 is 2.65 bits per heavy atom. The van der Waals surface area contributed by atoms with Gasteiger partial charge in [0.15, 0.2) is 5.96 Å². The van der Waals surface area contributed by atoms with Crippen LogP contribution in [-0.4, -0.2) is 70.0 Å². The molecule has 150 valence electrons. The first kappa shape index (κ1) is 23.2. The van der Waals surface area contributed by atoms with Crippen LogP contribution in [-0.2, 0) is 9.47 Å². The highest BCUT2D eigenvalue weighted by Crippen LogP contribution is 2.24. The fourth-order valence-electron chi connectivity index (χ4n) is 2.81. The second-order valence-corrected chi connectivity index (χ2v) is 5.96. The number of hydrogen-bond acceptors (Lipinski definition) is 5. The quantitative estimate of drug-likeness (QED) is 0.245. The molecule has 1 unspecified atom stereocenters. The van der Waals surface area contributed by atoms with Crippen molar-refractivity contribution in [3.05, 3.63) is 23.7 Å². The van der Waals surface area contributed by atoms with Crippen molar-refractivity contribution in [2.75, 3.05) is 59.2 Å². The van der Waals surface area contributed by atoms with E-state index in [1.165, 1.54) is 0 Å². The van der Waals surface area contributed by atoms with Crippen LogP contribution in [0.3, 0.4) is 0 Å². The average Bonchev–Trinajstić information content (AvgIpc) is 3.06. The first-order valence-corrected chi connectivity index (χ1v) is 9.22. The Morgan fingerprint density at radius 1 is 1.27 bits per heavy atom. The number of aryl methyl sites for hydroxylation is 1. The smallest absolute Gasteiger partial charge is 0.191 e. The molecule has 0 bridgehead atoms. The molecular formula is C18H33IN4O3. The molecule has 2 rings (SSSR count). The van der Waals surface area contributed by atoms with Gasteiger partial charge in [-0.1, -0.05) is 0 Å². The Labute approximate surface area is 173 Å². The summed E-state index contributed by atoms with van der Waals surface area (Å²) in [5.74, 6) is 2.70. The van der Waals surface area contributed by atoms with E-state index in [4.69, 9.17) is 18.9 Å². The highest BCUT2D eigenvalue weighted by Gasteiger charge is 2.25. The fourth-order valence-corrected chi connectivity index (χ4v) is 2.81. The van der Waals surface area contributed by atoms with E-state index in [1.54, 1.807) is 0 Å². The number of hydrogen-bond donors (Lipinski definition) is 2. The van der Waals surface area contributed by atoms with Crippen molar-refractivity contribution >= 4 is 29.9 Å². The molecule has 0 amide bonds. The van der Waals surface area contributed by atoms with Crippen LogP contribution in [0.15, 0.2) is 21.5 Å². The summed E-state index contributed by atoms with van der Waals surface area (Å²) in [6, 6.07) is 4.19. The van der Waals surface area contributed by atoms with Gasteiger partial charge in [0.05, 0.1) is 32.4 Å². The molecule has 26 heavy (non-hydrogen) atoms. The van der Waals surface area contributed by atoms with Crippen molar-refractivity contribution in [3.63, 3.8) is 0 Å². The molecule has 0 aliphatic carbocycles. The van der Waals surface area contributed by atoms with E-state index in [-0.39, 0.29) is 30.0 Å². The highest BCUT2D eigenvalue weighted by molar-refractivity contribution is 14.0. The fraction of sp³-hybridized carbons (Fsp3) is 0.722. The number of halogens is 1. The van der Waals surface area contributed by atoms with Gasteiger partial charge in [-0.25, -0.2) is 0 Å². The van der Waals surface area contributed by atoms with Gasteiger partial charge in [-0.3, -0.25) is 9.89 Å². The summed E-state index contributed by atoms with van der Waals surface area (Å²) in [6.07, 6.45) is 0. The van der Waals surface area contributed by atoms with Crippen LogP contribution in [0.5, 0.6) is 0 Å². The summed E-state index contributed by atoms with van der Waals surface area (Å²) >= 11 is 0. The van der Waals surface area contributed by atoms with Crippen LogP contribution in [0.2, 0.25) is 0 Å². The van der Waals surface area contributed by atoms with Gasteiger partial charge in [-0.2, -0.15) is 0 Å². The molecule has 1 fully saturated rings. The number of nitrogens with zero attached hydrogens (tertiary/aromatic N) is 2. The summed E-state index contributed by atoms with van der Waals surface area (Å²) in [4.78, 5) is 7.15. The Hall–Kier alpha value is -0.840. The van der Waals surface area contributed by atoms with Crippen molar-refractivity contribution in [2.24, 2.45) is 4.99 Å². The first-order valence-electron chi connectivity index (χ1n) is 9.22. The summed E-state index contributed by atoms with van der Waals surface area (Å²) in [5.41, 5.74) is 0. The molecule has 1 aliphatic heterocycles.